The Labute approximate surface area is 242 Å². The van der Waals surface area contributed by atoms with Crippen molar-refractivity contribution in [1.82, 2.24) is 10.3 Å². The number of nitrogens with zero attached hydrogens (tertiary/aromatic N) is 2. The highest BCUT2D eigenvalue weighted by Gasteiger charge is 2.44. The van der Waals surface area contributed by atoms with Crippen molar-refractivity contribution in [2.45, 2.75) is 82.8 Å². The van der Waals surface area contributed by atoms with E-state index in [1.165, 1.54) is 44.9 Å². The number of benzene rings is 1. The monoisotopic (exact) mass is 587 g/mol. The van der Waals surface area contributed by atoms with Gasteiger partial charge in [0.2, 0.25) is 5.89 Å². The van der Waals surface area contributed by atoms with Crippen LogP contribution >= 0.6 is 12.4 Å². The molecule has 2 aromatic rings. The van der Waals surface area contributed by atoms with Gasteiger partial charge in [-0.3, -0.25) is 0 Å². The van der Waals surface area contributed by atoms with Crippen molar-refractivity contribution in [3.05, 3.63) is 53.7 Å². The molecule has 0 amide bonds. The highest BCUT2D eigenvalue weighted by Crippen LogP contribution is 2.43. The van der Waals surface area contributed by atoms with Gasteiger partial charge in [0.15, 0.2) is 11.4 Å². The van der Waals surface area contributed by atoms with Crippen LogP contribution < -0.4 is 5.32 Å². The van der Waals surface area contributed by atoms with E-state index in [1.54, 1.807) is 0 Å². The first-order valence-electron chi connectivity index (χ1n) is 14.1. The molecule has 0 aliphatic heterocycles. The second-order valence-electron chi connectivity index (χ2n) is 11.3. The molecule has 1 aromatic heterocycles. The Kier molecular flexibility index (Phi) is 15.8. The van der Waals surface area contributed by atoms with Gasteiger partial charge in [-0.05, 0) is 51.3 Å². The Morgan fingerprint density at radius 2 is 1.62 bits per heavy atom. The molecular formula is C29H50ClN3O5S. The van der Waals surface area contributed by atoms with Crippen LogP contribution in [-0.2, 0) is 22.3 Å². The molecule has 1 saturated carbocycles. The maximum Gasteiger partial charge on any atom is 0.231 e. The summed E-state index contributed by atoms with van der Waals surface area (Å²) in [7, 11) is 2.63. The molecule has 0 spiro atoms. The number of hydrogen-bond acceptors (Lipinski definition) is 7. The molecule has 1 fully saturated rings. The molecule has 0 radical (unpaired) electrons. The number of rotatable bonds is 14. The summed E-state index contributed by atoms with van der Waals surface area (Å²) >= 11 is 0. The van der Waals surface area contributed by atoms with Crippen molar-refractivity contribution in [2.24, 2.45) is 5.92 Å². The van der Waals surface area contributed by atoms with Gasteiger partial charge < -0.3 is 23.9 Å². The lowest BCUT2D eigenvalue weighted by Gasteiger charge is -2.36. The van der Waals surface area contributed by atoms with E-state index in [9.17, 15) is 5.11 Å². The van der Waals surface area contributed by atoms with Crippen LogP contribution in [0, 0.1) is 5.92 Å². The minimum atomic E-state index is -3.92. The fraction of sp³-hybridized carbons (Fsp3) is 0.690. The minimum absolute atomic E-state index is 0. The second kappa shape index (κ2) is 17.4. The lowest BCUT2D eigenvalue weighted by atomic mass is 9.73. The van der Waals surface area contributed by atoms with E-state index < -0.39 is 15.7 Å². The molecule has 0 unspecified atom stereocenters. The van der Waals surface area contributed by atoms with E-state index >= 15 is 0 Å². The van der Waals surface area contributed by atoms with E-state index in [4.69, 9.17) is 17.4 Å². The molecule has 1 aromatic carbocycles. The minimum Gasteiger partial charge on any atom is -0.748 e. The molecule has 10 heteroatoms. The van der Waals surface area contributed by atoms with Gasteiger partial charge in [0.25, 0.3) is 0 Å². The zero-order valence-electron chi connectivity index (χ0n) is 24.2. The zero-order valence-corrected chi connectivity index (χ0v) is 25.9. The summed E-state index contributed by atoms with van der Waals surface area (Å²) in [5.74, 6) is 1.49. The molecule has 1 heterocycles. The van der Waals surface area contributed by atoms with E-state index in [2.05, 4.69) is 24.4 Å². The van der Waals surface area contributed by atoms with Crippen LogP contribution in [0.25, 0.3) is 0 Å². The topological polar surface area (TPSA) is 115 Å². The summed E-state index contributed by atoms with van der Waals surface area (Å²) in [6.45, 7) is 3.05. The van der Waals surface area contributed by atoms with Crippen LogP contribution in [0.5, 0.6) is 0 Å². The molecule has 0 saturated heterocycles. The number of nitrogens with one attached hydrogen (secondary N) is 1. The summed E-state index contributed by atoms with van der Waals surface area (Å²) in [5, 5.41) is 15.2. The summed E-state index contributed by atoms with van der Waals surface area (Å²) in [6.07, 6.45) is 15.8. The maximum absolute atomic E-state index is 12.0. The number of unbranched alkanes of at least 4 members (excludes halogenated alkanes) is 5. The molecule has 1 aliphatic rings. The highest BCUT2D eigenvalue weighted by molar-refractivity contribution is 7.84. The highest BCUT2D eigenvalue weighted by atomic mass is 35.5. The number of oxazole rings is 1. The van der Waals surface area contributed by atoms with E-state index in [0.717, 1.165) is 61.1 Å². The first kappa shape index (κ1) is 35.5. The summed E-state index contributed by atoms with van der Waals surface area (Å²) in [6, 6.07) is 10.0. The fourth-order valence-electron chi connectivity index (χ4n) is 5.35. The lowest BCUT2D eigenvalue weighted by molar-refractivity contribution is -0.904. The van der Waals surface area contributed by atoms with Crippen LogP contribution in [0.4, 0.5) is 0 Å². The number of aliphatic hydroxyl groups is 1. The van der Waals surface area contributed by atoms with Gasteiger partial charge in [0, 0.05) is 12.2 Å². The summed E-state index contributed by atoms with van der Waals surface area (Å²) < 4.78 is 34.4. The van der Waals surface area contributed by atoms with Gasteiger partial charge in [0.05, 0.1) is 37.0 Å². The Morgan fingerprint density at radius 1 is 1.05 bits per heavy atom. The quantitative estimate of drug-likeness (QED) is 0.177. The molecule has 39 heavy (non-hydrogen) atoms. The number of halogens is 1. The maximum atomic E-state index is 12.0. The van der Waals surface area contributed by atoms with Crippen molar-refractivity contribution in [1.29, 1.82) is 0 Å². The SMILES string of the molecule is CNCCCCCCCC[N+](C)(C)Cc1cnc([C@](O)(c2ccccc2)C2CCCCC2)o1.CS(=O)(=O)[O-].Cl. The summed E-state index contributed by atoms with van der Waals surface area (Å²) in [4.78, 5) is 4.64. The normalized spacial score (nSPS) is 16.1. The molecule has 3 rings (SSSR count). The van der Waals surface area contributed by atoms with Gasteiger partial charge in [-0.25, -0.2) is 13.4 Å². The van der Waals surface area contributed by atoms with Gasteiger partial charge in [-0.2, -0.15) is 0 Å². The Bertz CT molecular complexity index is 1020. The third kappa shape index (κ3) is 13.1. The van der Waals surface area contributed by atoms with Crippen LogP contribution in [0.2, 0.25) is 0 Å². The average molecular weight is 588 g/mol. The van der Waals surface area contributed by atoms with Crippen LogP contribution in [0.3, 0.4) is 0 Å². The predicted octanol–water partition coefficient (Wildman–Crippen LogP) is 5.21. The first-order valence-corrected chi connectivity index (χ1v) is 15.9. The second-order valence-corrected chi connectivity index (χ2v) is 12.8. The van der Waals surface area contributed by atoms with Gasteiger partial charge >= 0.3 is 0 Å². The van der Waals surface area contributed by atoms with Crippen molar-refractivity contribution in [3.63, 3.8) is 0 Å². The third-order valence-electron chi connectivity index (χ3n) is 7.31. The average Bonchev–Trinajstić information content (AvgIpc) is 3.33. The smallest absolute Gasteiger partial charge is 0.231 e. The molecule has 1 aliphatic carbocycles. The van der Waals surface area contributed by atoms with E-state index in [0.29, 0.717) is 12.1 Å². The Morgan fingerprint density at radius 3 is 2.21 bits per heavy atom. The number of quaternary nitrogens is 1. The van der Waals surface area contributed by atoms with E-state index in [-0.39, 0.29) is 18.3 Å². The van der Waals surface area contributed by atoms with Crippen LogP contribution in [0.15, 0.2) is 40.9 Å². The molecule has 224 valence electrons. The predicted molar refractivity (Wildman–Crippen MR) is 158 cm³/mol. The molecule has 2 N–H and O–H groups in total. The molecule has 8 nitrogen and oxygen atoms in total. The molecule has 0 bridgehead atoms. The largest absolute Gasteiger partial charge is 0.748 e. The van der Waals surface area contributed by atoms with Crippen LogP contribution in [0.1, 0.15) is 87.8 Å². The van der Waals surface area contributed by atoms with Crippen molar-refractivity contribution < 1.29 is 27.0 Å². The molecular weight excluding hydrogens is 538 g/mol. The van der Waals surface area contributed by atoms with Gasteiger partial charge in [-0.1, -0.05) is 68.9 Å². The van der Waals surface area contributed by atoms with Crippen LogP contribution in [-0.4, -0.2) is 68.0 Å². The Balaban J connectivity index is 0.00000116. The fourth-order valence-corrected chi connectivity index (χ4v) is 5.35. The van der Waals surface area contributed by atoms with E-state index in [1.807, 2.05) is 43.6 Å². The standard InChI is InChI=1S/C28H46N3O2.CH4O3S.ClH/c1-29-20-14-6-4-5-7-15-21-31(2,3)23-26-22-30-27(33-26)28(32,24-16-10-8-11-17-24)25-18-12-9-13-19-25;1-5(2,3)4;/h8,10-11,16-17,22,25,29,32H,4-7,9,12-15,18-21,23H2,1-3H3;1H3,(H,2,3,4);1H/q+1;;/p-1/t28-;;/m0../s1. The Hall–Kier alpha value is -1.49. The molecule has 1 atom stereocenters. The zero-order chi connectivity index (χ0) is 28.1. The first-order chi connectivity index (χ1) is 18.0. The van der Waals surface area contributed by atoms with Crippen molar-refractivity contribution in [2.75, 3.05) is 40.5 Å². The van der Waals surface area contributed by atoms with Gasteiger partial charge in [-0.15, -0.1) is 12.4 Å². The van der Waals surface area contributed by atoms with Crippen molar-refractivity contribution >= 4 is 22.5 Å². The number of aromatic nitrogens is 1. The van der Waals surface area contributed by atoms with Crippen molar-refractivity contribution in [3.8, 4) is 0 Å². The number of hydrogen-bond donors (Lipinski definition) is 2. The third-order valence-corrected chi connectivity index (χ3v) is 7.31. The lowest BCUT2D eigenvalue weighted by Crippen LogP contribution is -2.39. The summed E-state index contributed by atoms with van der Waals surface area (Å²) in [5.41, 5.74) is -0.251. The van der Waals surface area contributed by atoms with Gasteiger partial charge in [0.1, 0.15) is 6.54 Å².